The number of aryl methyl sites for hydroxylation is 1. The fourth-order valence-corrected chi connectivity index (χ4v) is 2.16. The second-order valence-corrected chi connectivity index (χ2v) is 5.34. The zero-order valence-corrected chi connectivity index (χ0v) is 12.6. The molecule has 1 heterocycles. The third-order valence-corrected chi connectivity index (χ3v) is 3.39. The number of carbonyl (C=O) groups excluding carboxylic acids is 1. The van der Waals surface area contributed by atoms with Crippen molar-refractivity contribution in [3.8, 4) is 0 Å². The van der Waals surface area contributed by atoms with Crippen molar-refractivity contribution in [2.45, 2.75) is 13.3 Å². The largest absolute Gasteiger partial charge is 0.396 e. The van der Waals surface area contributed by atoms with E-state index in [-0.39, 0.29) is 12.5 Å². The number of nitrogens with zero attached hydrogens (tertiary/aromatic N) is 1. The number of hydrogen-bond donors (Lipinski definition) is 2. The Balaban J connectivity index is 2.19. The number of aliphatic hydroxyl groups is 1. The zero-order chi connectivity index (χ0) is 14.5. The standard InChI is InChI=1S/C15H15BrN2O2/c1-10-2-3-12(16)9-14(10)18-15(20)11-4-6-17-13(8-11)5-7-19/h2-4,6,8-9,19H,5,7H2,1H3,(H,18,20). The molecule has 1 aromatic heterocycles. The van der Waals surface area contributed by atoms with Gasteiger partial charge in [0.1, 0.15) is 0 Å². The molecule has 0 aliphatic heterocycles. The fraction of sp³-hybridized carbons (Fsp3) is 0.200. The van der Waals surface area contributed by atoms with E-state index in [1.165, 1.54) is 0 Å². The minimum Gasteiger partial charge on any atom is -0.396 e. The van der Waals surface area contributed by atoms with Gasteiger partial charge in [0.25, 0.3) is 5.91 Å². The number of anilines is 1. The number of carbonyl (C=O) groups is 1. The van der Waals surface area contributed by atoms with Gasteiger partial charge in [0, 0.05) is 40.6 Å². The molecular weight excluding hydrogens is 320 g/mol. The number of pyridine rings is 1. The number of amides is 1. The Bertz CT molecular complexity index is 629. The molecule has 0 aliphatic carbocycles. The van der Waals surface area contributed by atoms with E-state index in [9.17, 15) is 4.79 Å². The average molecular weight is 335 g/mol. The minimum absolute atomic E-state index is 0.0167. The van der Waals surface area contributed by atoms with E-state index in [1.807, 2.05) is 25.1 Å². The fourth-order valence-electron chi connectivity index (χ4n) is 1.79. The van der Waals surface area contributed by atoms with Crippen LogP contribution in [0.15, 0.2) is 41.0 Å². The first kappa shape index (κ1) is 14.7. The molecule has 0 saturated heterocycles. The molecule has 0 atom stereocenters. The van der Waals surface area contributed by atoms with Crippen molar-refractivity contribution in [1.82, 2.24) is 4.98 Å². The highest BCUT2D eigenvalue weighted by atomic mass is 79.9. The lowest BCUT2D eigenvalue weighted by molar-refractivity contribution is 0.102. The van der Waals surface area contributed by atoms with Crippen LogP contribution in [0.25, 0.3) is 0 Å². The third-order valence-electron chi connectivity index (χ3n) is 2.89. The van der Waals surface area contributed by atoms with Gasteiger partial charge in [-0.2, -0.15) is 0 Å². The van der Waals surface area contributed by atoms with Gasteiger partial charge in [-0.3, -0.25) is 9.78 Å². The van der Waals surface area contributed by atoms with Crippen LogP contribution in [-0.4, -0.2) is 22.6 Å². The van der Waals surface area contributed by atoms with Crippen LogP contribution >= 0.6 is 15.9 Å². The number of aliphatic hydroxyl groups excluding tert-OH is 1. The van der Waals surface area contributed by atoms with Crippen LogP contribution in [0.3, 0.4) is 0 Å². The van der Waals surface area contributed by atoms with Crippen LogP contribution in [0.5, 0.6) is 0 Å². The molecule has 0 radical (unpaired) electrons. The number of aromatic nitrogens is 1. The van der Waals surface area contributed by atoms with Gasteiger partial charge < -0.3 is 10.4 Å². The van der Waals surface area contributed by atoms with Crippen molar-refractivity contribution in [1.29, 1.82) is 0 Å². The summed E-state index contributed by atoms with van der Waals surface area (Å²) in [5.41, 5.74) is 2.99. The Morgan fingerprint density at radius 3 is 2.90 bits per heavy atom. The first-order chi connectivity index (χ1) is 9.60. The number of benzene rings is 1. The summed E-state index contributed by atoms with van der Waals surface area (Å²) < 4.78 is 0.911. The van der Waals surface area contributed by atoms with Gasteiger partial charge >= 0.3 is 0 Å². The van der Waals surface area contributed by atoms with Crippen LogP contribution in [0.2, 0.25) is 0 Å². The highest BCUT2D eigenvalue weighted by Gasteiger charge is 2.09. The second kappa shape index (κ2) is 6.63. The van der Waals surface area contributed by atoms with E-state index in [1.54, 1.807) is 18.3 Å². The molecule has 0 unspecified atom stereocenters. The summed E-state index contributed by atoms with van der Waals surface area (Å²) in [5, 5.41) is 11.8. The summed E-state index contributed by atoms with van der Waals surface area (Å²) in [4.78, 5) is 16.3. The second-order valence-electron chi connectivity index (χ2n) is 4.42. The lowest BCUT2D eigenvalue weighted by Crippen LogP contribution is -2.13. The van der Waals surface area contributed by atoms with Crippen molar-refractivity contribution in [3.05, 3.63) is 57.8 Å². The maximum absolute atomic E-state index is 12.2. The number of nitrogens with one attached hydrogen (secondary N) is 1. The predicted octanol–water partition coefficient (Wildman–Crippen LogP) is 2.94. The molecule has 2 aromatic rings. The monoisotopic (exact) mass is 334 g/mol. The van der Waals surface area contributed by atoms with E-state index >= 15 is 0 Å². The maximum atomic E-state index is 12.2. The molecule has 2 rings (SSSR count). The van der Waals surface area contributed by atoms with Crippen LogP contribution in [-0.2, 0) is 6.42 Å². The Labute approximate surface area is 126 Å². The molecule has 0 fully saturated rings. The van der Waals surface area contributed by atoms with Crippen LogP contribution < -0.4 is 5.32 Å². The number of halogens is 1. The predicted molar refractivity (Wildman–Crippen MR) is 81.9 cm³/mol. The summed E-state index contributed by atoms with van der Waals surface area (Å²) in [6.45, 7) is 1.95. The third kappa shape index (κ3) is 3.65. The van der Waals surface area contributed by atoms with Crippen LogP contribution in [0, 0.1) is 6.92 Å². The van der Waals surface area contributed by atoms with E-state index in [0.29, 0.717) is 17.7 Å². The minimum atomic E-state index is -0.187. The van der Waals surface area contributed by atoms with E-state index in [0.717, 1.165) is 15.7 Å². The molecule has 0 saturated carbocycles. The first-order valence-corrected chi connectivity index (χ1v) is 7.03. The average Bonchev–Trinajstić information content (AvgIpc) is 2.43. The first-order valence-electron chi connectivity index (χ1n) is 6.23. The summed E-state index contributed by atoms with van der Waals surface area (Å²) in [6.07, 6.45) is 2.02. The van der Waals surface area contributed by atoms with Crippen LogP contribution in [0.1, 0.15) is 21.6 Å². The molecular formula is C15H15BrN2O2. The molecule has 104 valence electrons. The molecule has 4 nitrogen and oxygen atoms in total. The van der Waals surface area contributed by atoms with Crippen molar-refractivity contribution in [2.24, 2.45) is 0 Å². The Kier molecular flexibility index (Phi) is 4.87. The Morgan fingerprint density at radius 1 is 1.35 bits per heavy atom. The molecule has 5 heteroatoms. The van der Waals surface area contributed by atoms with Gasteiger partial charge in [-0.1, -0.05) is 22.0 Å². The van der Waals surface area contributed by atoms with Crippen molar-refractivity contribution in [2.75, 3.05) is 11.9 Å². The topological polar surface area (TPSA) is 62.2 Å². The smallest absolute Gasteiger partial charge is 0.255 e. The lowest BCUT2D eigenvalue weighted by atomic mass is 10.1. The number of rotatable bonds is 4. The van der Waals surface area contributed by atoms with Gasteiger partial charge in [0.05, 0.1) is 0 Å². The van der Waals surface area contributed by atoms with E-state index < -0.39 is 0 Å². The van der Waals surface area contributed by atoms with Crippen LogP contribution in [0.4, 0.5) is 5.69 Å². The molecule has 0 spiro atoms. The molecule has 0 bridgehead atoms. The summed E-state index contributed by atoms with van der Waals surface area (Å²) in [6, 6.07) is 9.08. The molecule has 2 N–H and O–H groups in total. The zero-order valence-electron chi connectivity index (χ0n) is 11.1. The van der Waals surface area contributed by atoms with Gasteiger partial charge in [0.15, 0.2) is 0 Å². The van der Waals surface area contributed by atoms with Gasteiger partial charge in [0.2, 0.25) is 0 Å². The summed E-state index contributed by atoms with van der Waals surface area (Å²) in [5.74, 6) is -0.187. The van der Waals surface area contributed by atoms with E-state index in [2.05, 4.69) is 26.2 Å². The quantitative estimate of drug-likeness (QED) is 0.903. The number of hydrogen-bond acceptors (Lipinski definition) is 3. The molecule has 0 aliphatic rings. The normalized spacial score (nSPS) is 10.3. The van der Waals surface area contributed by atoms with Gasteiger partial charge in [-0.05, 0) is 36.8 Å². The Hall–Kier alpha value is -1.72. The van der Waals surface area contributed by atoms with Gasteiger partial charge in [-0.25, -0.2) is 0 Å². The van der Waals surface area contributed by atoms with Gasteiger partial charge in [-0.15, -0.1) is 0 Å². The van der Waals surface area contributed by atoms with Crippen molar-refractivity contribution in [3.63, 3.8) is 0 Å². The maximum Gasteiger partial charge on any atom is 0.255 e. The Morgan fingerprint density at radius 2 is 2.15 bits per heavy atom. The highest BCUT2D eigenvalue weighted by molar-refractivity contribution is 9.10. The molecule has 20 heavy (non-hydrogen) atoms. The molecule has 1 aromatic carbocycles. The molecule has 1 amide bonds. The van der Waals surface area contributed by atoms with Crippen molar-refractivity contribution >= 4 is 27.5 Å². The van der Waals surface area contributed by atoms with Crippen molar-refractivity contribution < 1.29 is 9.90 Å². The lowest BCUT2D eigenvalue weighted by Gasteiger charge is -2.09. The summed E-state index contributed by atoms with van der Waals surface area (Å²) in [7, 11) is 0. The van der Waals surface area contributed by atoms with E-state index in [4.69, 9.17) is 5.11 Å². The highest BCUT2D eigenvalue weighted by Crippen LogP contribution is 2.21. The SMILES string of the molecule is Cc1ccc(Br)cc1NC(=O)c1ccnc(CCO)c1. The summed E-state index contributed by atoms with van der Waals surface area (Å²) >= 11 is 3.39.